The molecule has 3 aromatic rings. The Hall–Kier alpha value is -3.20. The molecule has 1 aromatic heterocycles. The van der Waals surface area contributed by atoms with Crippen LogP contribution in [-0.2, 0) is 11.2 Å². The van der Waals surface area contributed by atoms with Gasteiger partial charge < -0.3 is 19.5 Å². The van der Waals surface area contributed by atoms with Crippen molar-refractivity contribution in [2.45, 2.75) is 13.0 Å². The third-order valence-electron chi connectivity index (χ3n) is 3.94. The number of aromatic nitrogens is 1. The molecule has 29 heavy (non-hydrogen) atoms. The quantitative estimate of drug-likeness (QED) is 0.576. The molecule has 0 aliphatic heterocycles. The summed E-state index contributed by atoms with van der Waals surface area (Å²) in [5.74, 6) is 0.863. The molecule has 1 heterocycles. The Morgan fingerprint density at radius 3 is 2.59 bits per heavy atom. The van der Waals surface area contributed by atoms with E-state index < -0.39 is 6.61 Å². The molecule has 0 atom stereocenters. The average molecular weight is 420 g/mol. The van der Waals surface area contributed by atoms with Crippen LogP contribution in [0.15, 0.2) is 47.8 Å². The van der Waals surface area contributed by atoms with Crippen LogP contribution in [0.1, 0.15) is 5.56 Å². The Morgan fingerprint density at radius 1 is 1.10 bits per heavy atom. The summed E-state index contributed by atoms with van der Waals surface area (Å²) < 4.78 is 40.1. The predicted molar refractivity (Wildman–Crippen MR) is 106 cm³/mol. The molecule has 0 bridgehead atoms. The first-order valence-corrected chi connectivity index (χ1v) is 9.38. The lowest BCUT2D eigenvalue weighted by atomic mass is 10.1. The standard InChI is InChI=1S/C20H18F2N2O4S/c1-26-16-8-7-12(9-17(16)27-2)10-18(25)24-20-23-14(11-29-20)13-5-3-4-6-15(13)28-19(21)22/h3-9,11,19H,10H2,1-2H3,(H,23,24,25). The highest BCUT2D eigenvalue weighted by Gasteiger charge is 2.15. The van der Waals surface area contributed by atoms with E-state index >= 15 is 0 Å². The van der Waals surface area contributed by atoms with Crippen LogP contribution in [0.3, 0.4) is 0 Å². The minimum Gasteiger partial charge on any atom is -0.493 e. The van der Waals surface area contributed by atoms with Gasteiger partial charge in [0.15, 0.2) is 16.6 Å². The molecule has 1 amide bonds. The maximum absolute atomic E-state index is 12.6. The highest BCUT2D eigenvalue weighted by atomic mass is 32.1. The van der Waals surface area contributed by atoms with Crippen molar-refractivity contribution in [3.63, 3.8) is 0 Å². The van der Waals surface area contributed by atoms with Gasteiger partial charge in [-0.3, -0.25) is 4.79 Å². The van der Waals surface area contributed by atoms with Gasteiger partial charge in [-0.1, -0.05) is 18.2 Å². The van der Waals surface area contributed by atoms with Crippen LogP contribution in [0.2, 0.25) is 0 Å². The van der Waals surface area contributed by atoms with Crippen LogP contribution in [0.25, 0.3) is 11.3 Å². The molecule has 6 nitrogen and oxygen atoms in total. The van der Waals surface area contributed by atoms with E-state index in [1.165, 1.54) is 31.6 Å². The fourth-order valence-electron chi connectivity index (χ4n) is 2.67. The number of nitrogens with one attached hydrogen (secondary N) is 1. The molecule has 0 spiro atoms. The van der Waals surface area contributed by atoms with E-state index in [4.69, 9.17) is 9.47 Å². The highest BCUT2D eigenvalue weighted by molar-refractivity contribution is 7.14. The van der Waals surface area contributed by atoms with Gasteiger partial charge in [0, 0.05) is 10.9 Å². The van der Waals surface area contributed by atoms with Crippen molar-refractivity contribution in [3.05, 3.63) is 53.4 Å². The summed E-state index contributed by atoms with van der Waals surface area (Å²) in [6.45, 7) is -2.93. The van der Waals surface area contributed by atoms with Crippen molar-refractivity contribution in [1.29, 1.82) is 0 Å². The molecular formula is C20H18F2N2O4S. The molecule has 0 aliphatic carbocycles. The summed E-state index contributed by atoms with van der Waals surface area (Å²) in [4.78, 5) is 16.7. The number of halogens is 2. The number of hydrogen-bond donors (Lipinski definition) is 1. The van der Waals surface area contributed by atoms with Crippen LogP contribution >= 0.6 is 11.3 Å². The molecule has 0 saturated carbocycles. The van der Waals surface area contributed by atoms with Crippen molar-refractivity contribution in [2.75, 3.05) is 19.5 Å². The van der Waals surface area contributed by atoms with Gasteiger partial charge in [0.05, 0.1) is 26.3 Å². The van der Waals surface area contributed by atoms with Crippen molar-refractivity contribution in [2.24, 2.45) is 0 Å². The number of ether oxygens (including phenoxy) is 3. The molecule has 152 valence electrons. The van der Waals surface area contributed by atoms with Gasteiger partial charge in [-0.25, -0.2) is 4.98 Å². The topological polar surface area (TPSA) is 69.7 Å². The molecule has 1 N–H and O–H groups in total. The number of benzene rings is 2. The first kappa shape index (κ1) is 20.5. The summed E-state index contributed by atoms with van der Waals surface area (Å²) >= 11 is 1.19. The van der Waals surface area contributed by atoms with Gasteiger partial charge in [0.1, 0.15) is 5.75 Å². The number of alkyl halides is 2. The first-order valence-electron chi connectivity index (χ1n) is 8.50. The lowest BCUT2D eigenvalue weighted by Gasteiger charge is -2.09. The van der Waals surface area contributed by atoms with E-state index in [2.05, 4.69) is 15.0 Å². The Kier molecular flexibility index (Phi) is 6.61. The highest BCUT2D eigenvalue weighted by Crippen LogP contribution is 2.33. The number of anilines is 1. The van der Waals surface area contributed by atoms with Gasteiger partial charge in [0.25, 0.3) is 0 Å². The molecule has 3 rings (SSSR count). The number of methoxy groups -OCH3 is 2. The number of nitrogens with zero attached hydrogens (tertiary/aromatic N) is 1. The maximum Gasteiger partial charge on any atom is 0.387 e. The zero-order valence-corrected chi connectivity index (χ0v) is 16.5. The van der Waals surface area contributed by atoms with Crippen molar-refractivity contribution < 1.29 is 27.8 Å². The fourth-order valence-corrected chi connectivity index (χ4v) is 3.40. The first-order chi connectivity index (χ1) is 14.0. The number of rotatable bonds is 8. The number of thiazole rings is 1. The van der Waals surface area contributed by atoms with Gasteiger partial charge >= 0.3 is 6.61 Å². The van der Waals surface area contributed by atoms with E-state index in [9.17, 15) is 13.6 Å². The van der Waals surface area contributed by atoms with Crippen LogP contribution in [0, 0.1) is 0 Å². The second-order valence-electron chi connectivity index (χ2n) is 5.83. The lowest BCUT2D eigenvalue weighted by Crippen LogP contribution is -2.14. The summed E-state index contributed by atoms with van der Waals surface area (Å²) in [6.07, 6.45) is 0.111. The summed E-state index contributed by atoms with van der Waals surface area (Å²) in [7, 11) is 3.06. The van der Waals surface area contributed by atoms with Gasteiger partial charge in [0.2, 0.25) is 5.91 Å². The smallest absolute Gasteiger partial charge is 0.387 e. The lowest BCUT2D eigenvalue weighted by molar-refractivity contribution is -0.115. The third kappa shape index (κ3) is 5.20. The van der Waals surface area contributed by atoms with Crippen LogP contribution in [0.5, 0.6) is 17.2 Å². The van der Waals surface area contributed by atoms with E-state index in [1.54, 1.807) is 41.8 Å². The van der Waals surface area contributed by atoms with E-state index in [0.717, 1.165) is 5.56 Å². The van der Waals surface area contributed by atoms with Crippen LogP contribution in [-0.4, -0.2) is 31.7 Å². The molecule has 2 aromatic carbocycles. The minimum absolute atomic E-state index is 0.0241. The molecule has 9 heteroatoms. The second-order valence-corrected chi connectivity index (χ2v) is 6.68. The Labute approximate surface area is 170 Å². The molecule has 0 aliphatic rings. The average Bonchev–Trinajstić information content (AvgIpc) is 3.15. The molecular weight excluding hydrogens is 402 g/mol. The number of hydrogen-bond acceptors (Lipinski definition) is 6. The minimum atomic E-state index is -2.93. The maximum atomic E-state index is 12.6. The van der Waals surface area contributed by atoms with Crippen molar-refractivity contribution in [3.8, 4) is 28.5 Å². The molecule has 0 fully saturated rings. The largest absolute Gasteiger partial charge is 0.493 e. The van der Waals surface area contributed by atoms with Crippen molar-refractivity contribution >= 4 is 22.4 Å². The fraction of sp³-hybridized carbons (Fsp3) is 0.200. The van der Waals surface area contributed by atoms with Gasteiger partial charge in [-0.15, -0.1) is 11.3 Å². The number of carbonyl (C=O) groups excluding carboxylic acids is 1. The van der Waals surface area contributed by atoms with Crippen LogP contribution in [0.4, 0.5) is 13.9 Å². The van der Waals surface area contributed by atoms with Crippen molar-refractivity contribution in [1.82, 2.24) is 4.98 Å². The Morgan fingerprint density at radius 2 is 1.86 bits per heavy atom. The second kappa shape index (κ2) is 9.33. The summed E-state index contributed by atoms with van der Waals surface area (Å²) in [5.41, 5.74) is 1.60. The Balaban J connectivity index is 1.70. The predicted octanol–water partition coefficient (Wildman–Crippen LogP) is 4.61. The number of amides is 1. The molecule has 0 unspecified atom stereocenters. The zero-order valence-electron chi connectivity index (χ0n) is 15.6. The van der Waals surface area contributed by atoms with Gasteiger partial charge in [-0.05, 0) is 29.8 Å². The van der Waals surface area contributed by atoms with E-state index in [1.807, 2.05) is 0 Å². The third-order valence-corrected chi connectivity index (χ3v) is 4.70. The van der Waals surface area contributed by atoms with E-state index in [0.29, 0.717) is 27.9 Å². The van der Waals surface area contributed by atoms with Gasteiger partial charge in [-0.2, -0.15) is 8.78 Å². The number of carbonyl (C=O) groups is 1. The normalized spacial score (nSPS) is 10.7. The molecule has 0 radical (unpaired) electrons. The summed E-state index contributed by atoms with van der Waals surface area (Å²) in [6, 6.07) is 11.6. The SMILES string of the molecule is COc1ccc(CC(=O)Nc2nc(-c3ccccc3OC(F)F)cs2)cc1OC. The number of para-hydroxylation sites is 1. The summed E-state index contributed by atoms with van der Waals surface area (Å²) in [5, 5.41) is 4.74. The zero-order chi connectivity index (χ0) is 20.8. The van der Waals surface area contributed by atoms with Crippen LogP contribution < -0.4 is 19.5 Å². The van der Waals surface area contributed by atoms with E-state index in [-0.39, 0.29) is 18.1 Å². The Bertz CT molecular complexity index is 994. The monoisotopic (exact) mass is 420 g/mol. The molecule has 0 saturated heterocycles.